The van der Waals surface area contributed by atoms with Crippen molar-refractivity contribution in [1.29, 1.82) is 0 Å². The zero-order valence-corrected chi connectivity index (χ0v) is 18.0. The van der Waals surface area contributed by atoms with Gasteiger partial charge in [-0.15, -0.1) is 11.3 Å². The summed E-state index contributed by atoms with van der Waals surface area (Å²) < 4.78 is 5.59. The fraction of sp³-hybridized carbons (Fsp3) is 0.800. The molecule has 0 unspecified atom stereocenters. The summed E-state index contributed by atoms with van der Waals surface area (Å²) >= 11 is 1.75. The van der Waals surface area contributed by atoms with Crippen LogP contribution in [-0.4, -0.2) is 60.8 Å². The second-order valence-electron chi connectivity index (χ2n) is 7.68. The van der Waals surface area contributed by atoms with Gasteiger partial charge in [-0.1, -0.05) is 19.3 Å². The van der Waals surface area contributed by atoms with Gasteiger partial charge in [-0.25, -0.2) is 9.98 Å². The second-order valence-corrected chi connectivity index (χ2v) is 8.97. The standard InChI is InChI=1S/C20H35N5OS/c1-4-21-19(22-14-18-24-16(2)17(3)27-18)23-15-20(8-6-5-7-9-20)25-10-12-26-13-11-25/h4-15H2,1-3H3,(H2,21,22,23). The summed E-state index contributed by atoms with van der Waals surface area (Å²) in [6.07, 6.45) is 6.55. The van der Waals surface area contributed by atoms with Crippen LogP contribution in [0.5, 0.6) is 0 Å². The lowest BCUT2D eigenvalue weighted by molar-refractivity contribution is -0.0352. The average molecular weight is 394 g/mol. The molecule has 2 N–H and O–H groups in total. The number of guanidine groups is 1. The summed E-state index contributed by atoms with van der Waals surface area (Å²) in [5.74, 6) is 0.904. The largest absolute Gasteiger partial charge is 0.379 e. The van der Waals surface area contributed by atoms with Crippen LogP contribution in [0.25, 0.3) is 0 Å². The first kappa shape index (κ1) is 20.6. The van der Waals surface area contributed by atoms with Crippen molar-refractivity contribution in [2.75, 3.05) is 39.4 Å². The van der Waals surface area contributed by atoms with Crippen LogP contribution in [0.3, 0.4) is 0 Å². The molecule has 2 aliphatic rings. The molecule has 0 amide bonds. The maximum atomic E-state index is 5.59. The smallest absolute Gasteiger partial charge is 0.191 e. The summed E-state index contributed by atoms with van der Waals surface area (Å²) in [5.41, 5.74) is 1.36. The highest BCUT2D eigenvalue weighted by atomic mass is 32.1. The molecule has 1 aliphatic heterocycles. The molecule has 1 saturated carbocycles. The Kier molecular flexibility index (Phi) is 7.49. The first-order valence-corrected chi connectivity index (χ1v) is 11.2. The van der Waals surface area contributed by atoms with Gasteiger partial charge in [0.1, 0.15) is 5.01 Å². The number of ether oxygens (including phenoxy) is 1. The van der Waals surface area contributed by atoms with E-state index in [1.54, 1.807) is 11.3 Å². The number of aliphatic imine (C=N–C) groups is 1. The summed E-state index contributed by atoms with van der Waals surface area (Å²) in [4.78, 5) is 13.4. The van der Waals surface area contributed by atoms with Gasteiger partial charge in [0, 0.05) is 36.6 Å². The average Bonchev–Trinajstić information content (AvgIpc) is 3.03. The van der Waals surface area contributed by atoms with E-state index in [-0.39, 0.29) is 5.54 Å². The predicted octanol–water partition coefficient (Wildman–Crippen LogP) is 2.85. The van der Waals surface area contributed by atoms with Crippen LogP contribution in [0.1, 0.15) is 54.6 Å². The van der Waals surface area contributed by atoms with E-state index < -0.39 is 0 Å². The zero-order chi connectivity index (χ0) is 19.1. The molecule has 1 aromatic rings. The minimum atomic E-state index is 0.243. The second kappa shape index (κ2) is 9.85. The Morgan fingerprint density at radius 1 is 1.19 bits per heavy atom. The lowest BCUT2D eigenvalue weighted by Crippen LogP contribution is -2.60. The lowest BCUT2D eigenvalue weighted by atomic mass is 9.80. The van der Waals surface area contributed by atoms with Gasteiger partial charge < -0.3 is 15.4 Å². The van der Waals surface area contributed by atoms with Crippen LogP contribution in [0.2, 0.25) is 0 Å². The van der Waals surface area contributed by atoms with Crippen LogP contribution >= 0.6 is 11.3 Å². The van der Waals surface area contributed by atoms with E-state index in [0.717, 1.165) is 56.1 Å². The number of hydrogen-bond acceptors (Lipinski definition) is 5. The van der Waals surface area contributed by atoms with Crippen LogP contribution in [0.4, 0.5) is 0 Å². The van der Waals surface area contributed by atoms with Gasteiger partial charge in [-0.05, 0) is 33.6 Å². The minimum absolute atomic E-state index is 0.243. The van der Waals surface area contributed by atoms with Crippen LogP contribution in [0.15, 0.2) is 4.99 Å². The molecule has 0 bridgehead atoms. The van der Waals surface area contributed by atoms with E-state index in [9.17, 15) is 0 Å². The first-order chi connectivity index (χ1) is 13.1. The van der Waals surface area contributed by atoms with Crippen molar-refractivity contribution in [3.05, 3.63) is 15.6 Å². The summed E-state index contributed by atoms with van der Waals surface area (Å²) in [5, 5.41) is 8.15. The highest BCUT2D eigenvalue weighted by Crippen LogP contribution is 2.33. The number of aromatic nitrogens is 1. The molecule has 7 heteroatoms. The van der Waals surface area contributed by atoms with Gasteiger partial charge in [0.15, 0.2) is 5.96 Å². The number of thiazole rings is 1. The predicted molar refractivity (Wildman–Crippen MR) is 113 cm³/mol. The third-order valence-corrected chi connectivity index (χ3v) is 6.90. The van der Waals surface area contributed by atoms with Crippen molar-refractivity contribution >= 4 is 17.3 Å². The lowest BCUT2D eigenvalue weighted by Gasteiger charge is -2.48. The Bertz CT molecular complexity index is 598. The molecule has 0 aromatic carbocycles. The van der Waals surface area contributed by atoms with E-state index >= 15 is 0 Å². The maximum Gasteiger partial charge on any atom is 0.191 e. The molecule has 152 valence electrons. The molecule has 6 nitrogen and oxygen atoms in total. The SMILES string of the molecule is CCNC(=NCc1nc(C)c(C)s1)NCC1(N2CCOCC2)CCCCC1. The van der Waals surface area contributed by atoms with Crippen LogP contribution < -0.4 is 10.6 Å². The van der Waals surface area contributed by atoms with E-state index in [1.165, 1.54) is 37.0 Å². The Balaban J connectivity index is 1.65. The minimum Gasteiger partial charge on any atom is -0.379 e. The third kappa shape index (κ3) is 5.42. The topological polar surface area (TPSA) is 61.8 Å². The number of rotatable bonds is 6. The number of hydrogen-bond donors (Lipinski definition) is 2. The van der Waals surface area contributed by atoms with Gasteiger partial charge in [0.25, 0.3) is 0 Å². The first-order valence-electron chi connectivity index (χ1n) is 10.4. The van der Waals surface area contributed by atoms with Gasteiger partial charge in [-0.3, -0.25) is 4.90 Å². The highest BCUT2D eigenvalue weighted by Gasteiger charge is 2.38. The summed E-state index contributed by atoms with van der Waals surface area (Å²) in [7, 11) is 0. The molecule has 2 fully saturated rings. The van der Waals surface area contributed by atoms with Gasteiger partial charge in [0.2, 0.25) is 0 Å². The van der Waals surface area contributed by atoms with Crippen LogP contribution in [0, 0.1) is 13.8 Å². The molecule has 1 saturated heterocycles. The molecule has 3 rings (SSSR count). The molecule has 0 radical (unpaired) electrons. The van der Waals surface area contributed by atoms with Crippen molar-refractivity contribution in [1.82, 2.24) is 20.5 Å². The van der Waals surface area contributed by atoms with Crippen molar-refractivity contribution < 1.29 is 4.74 Å². The van der Waals surface area contributed by atoms with E-state index in [2.05, 4.69) is 41.3 Å². The Morgan fingerprint density at radius 2 is 1.93 bits per heavy atom. The molecule has 0 spiro atoms. The van der Waals surface area contributed by atoms with Crippen molar-refractivity contribution in [2.45, 2.75) is 65.0 Å². The number of morpholine rings is 1. The molecule has 27 heavy (non-hydrogen) atoms. The van der Waals surface area contributed by atoms with E-state index in [4.69, 9.17) is 9.73 Å². The summed E-state index contributed by atoms with van der Waals surface area (Å²) in [6.45, 7) is 12.6. The molecule has 0 atom stereocenters. The molecule has 1 aliphatic carbocycles. The summed E-state index contributed by atoms with van der Waals surface area (Å²) in [6, 6.07) is 0. The van der Waals surface area contributed by atoms with Gasteiger partial charge >= 0.3 is 0 Å². The Labute approximate surface area is 167 Å². The molecule has 1 aromatic heterocycles. The quantitative estimate of drug-likeness (QED) is 0.575. The normalized spacial score (nSPS) is 21.2. The van der Waals surface area contributed by atoms with Gasteiger partial charge in [0.05, 0.1) is 25.5 Å². The Morgan fingerprint density at radius 3 is 2.56 bits per heavy atom. The molecular weight excluding hydrogens is 358 g/mol. The zero-order valence-electron chi connectivity index (χ0n) is 17.1. The van der Waals surface area contributed by atoms with Crippen LogP contribution in [-0.2, 0) is 11.3 Å². The highest BCUT2D eigenvalue weighted by molar-refractivity contribution is 7.11. The van der Waals surface area contributed by atoms with E-state index in [1.807, 2.05) is 0 Å². The van der Waals surface area contributed by atoms with E-state index in [0.29, 0.717) is 6.54 Å². The molecular formula is C20H35N5OS. The Hall–Kier alpha value is -1.18. The fourth-order valence-electron chi connectivity index (χ4n) is 4.20. The van der Waals surface area contributed by atoms with Crippen molar-refractivity contribution in [2.24, 2.45) is 4.99 Å². The van der Waals surface area contributed by atoms with Crippen molar-refractivity contribution in [3.8, 4) is 0 Å². The maximum absolute atomic E-state index is 5.59. The number of aryl methyl sites for hydroxylation is 2. The molecule has 2 heterocycles. The number of nitrogens with zero attached hydrogens (tertiary/aromatic N) is 3. The van der Waals surface area contributed by atoms with Gasteiger partial charge in [-0.2, -0.15) is 0 Å². The number of nitrogens with one attached hydrogen (secondary N) is 2. The third-order valence-electron chi connectivity index (χ3n) is 5.84. The fourth-order valence-corrected chi connectivity index (χ4v) is 5.05. The monoisotopic (exact) mass is 393 g/mol. The van der Waals surface area contributed by atoms with Crippen molar-refractivity contribution in [3.63, 3.8) is 0 Å².